The Kier molecular flexibility index (Phi) is 4.11. The predicted molar refractivity (Wildman–Crippen MR) is 72.4 cm³/mol. The van der Waals surface area contributed by atoms with Crippen molar-refractivity contribution < 1.29 is 9.53 Å². The Balaban J connectivity index is 2.17. The molecule has 5 nitrogen and oxygen atoms in total. The largest absolute Gasteiger partial charge is 0.477 e. The monoisotopic (exact) mass is 273 g/mol. The van der Waals surface area contributed by atoms with E-state index in [0.29, 0.717) is 22.0 Å². The van der Waals surface area contributed by atoms with Gasteiger partial charge in [0.05, 0.1) is 16.9 Å². The number of anilines is 1. The second kappa shape index (κ2) is 5.98. The highest BCUT2D eigenvalue weighted by Crippen LogP contribution is 2.25. The lowest BCUT2D eigenvalue weighted by atomic mass is 10.2. The zero-order chi connectivity index (χ0) is 13.7. The van der Waals surface area contributed by atoms with Crippen LogP contribution in [0.2, 0.25) is 0 Å². The van der Waals surface area contributed by atoms with E-state index in [1.807, 2.05) is 6.07 Å². The first-order valence-electron chi connectivity index (χ1n) is 5.52. The van der Waals surface area contributed by atoms with Crippen molar-refractivity contribution in [3.8, 4) is 11.8 Å². The van der Waals surface area contributed by atoms with Gasteiger partial charge in [-0.05, 0) is 19.1 Å². The molecule has 0 spiro atoms. The van der Waals surface area contributed by atoms with Crippen molar-refractivity contribution in [3.63, 3.8) is 0 Å². The van der Waals surface area contributed by atoms with Gasteiger partial charge < -0.3 is 10.1 Å². The molecule has 1 amide bonds. The number of rotatable bonds is 4. The van der Waals surface area contributed by atoms with Crippen LogP contribution in [0, 0.1) is 18.3 Å². The molecule has 0 atom stereocenters. The average molecular weight is 273 g/mol. The summed E-state index contributed by atoms with van der Waals surface area (Å²) in [5.74, 6) is 0.243. The molecule has 96 valence electrons. The van der Waals surface area contributed by atoms with Gasteiger partial charge in [0.15, 0.2) is 6.61 Å². The van der Waals surface area contributed by atoms with Crippen molar-refractivity contribution in [1.82, 2.24) is 4.98 Å². The first-order valence-corrected chi connectivity index (χ1v) is 6.40. The molecule has 0 aliphatic rings. The molecule has 0 saturated carbocycles. The van der Waals surface area contributed by atoms with Crippen molar-refractivity contribution in [2.45, 2.75) is 6.92 Å². The molecule has 0 radical (unpaired) electrons. The smallest absolute Gasteiger partial charge is 0.267 e. The molecule has 19 heavy (non-hydrogen) atoms. The SMILES string of the molecule is Cc1ncsc1C(=O)Nc1ccccc1OCC#N. The molecule has 6 heteroatoms. The van der Waals surface area contributed by atoms with Gasteiger partial charge in [-0.25, -0.2) is 4.98 Å². The van der Waals surface area contributed by atoms with Crippen molar-refractivity contribution in [2.75, 3.05) is 11.9 Å². The molecule has 0 unspecified atom stereocenters. The number of hydrogen-bond acceptors (Lipinski definition) is 5. The van der Waals surface area contributed by atoms with Gasteiger partial charge in [0.1, 0.15) is 16.7 Å². The topological polar surface area (TPSA) is 75.0 Å². The minimum absolute atomic E-state index is 0.0630. The van der Waals surface area contributed by atoms with Crippen LogP contribution in [-0.4, -0.2) is 17.5 Å². The molecule has 0 aliphatic heterocycles. The number of aromatic nitrogens is 1. The van der Waals surface area contributed by atoms with E-state index in [0.717, 1.165) is 0 Å². The fraction of sp³-hybridized carbons (Fsp3) is 0.154. The Bertz CT molecular complexity index is 631. The van der Waals surface area contributed by atoms with Crippen LogP contribution in [0.1, 0.15) is 15.4 Å². The van der Waals surface area contributed by atoms with Crippen molar-refractivity contribution >= 4 is 22.9 Å². The van der Waals surface area contributed by atoms with Gasteiger partial charge in [-0.3, -0.25) is 4.79 Å². The summed E-state index contributed by atoms with van der Waals surface area (Å²) in [4.78, 5) is 16.7. The van der Waals surface area contributed by atoms with Crippen LogP contribution in [0.25, 0.3) is 0 Å². The lowest BCUT2D eigenvalue weighted by Gasteiger charge is -2.09. The lowest BCUT2D eigenvalue weighted by Crippen LogP contribution is -2.12. The number of nitrogens with zero attached hydrogens (tertiary/aromatic N) is 2. The van der Waals surface area contributed by atoms with Gasteiger partial charge in [0, 0.05) is 0 Å². The van der Waals surface area contributed by atoms with E-state index in [9.17, 15) is 4.79 Å². The molecule has 1 aromatic carbocycles. The summed E-state index contributed by atoms with van der Waals surface area (Å²) in [6.07, 6.45) is 0. The van der Waals surface area contributed by atoms with E-state index in [2.05, 4.69) is 10.3 Å². The second-order valence-electron chi connectivity index (χ2n) is 3.66. The summed E-state index contributed by atoms with van der Waals surface area (Å²) in [6, 6.07) is 8.88. The number of carbonyl (C=O) groups excluding carboxylic acids is 1. The quantitative estimate of drug-likeness (QED) is 0.929. The van der Waals surface area contributed by atoms with E-state index in [1.165, 1.54) is 11.3 Å². The fourth-order valence-corrected chi connectivity index (χ4v) is 2.20. The highest BCUT2D eigenvalue weighted by molar-refractivity contribution is 7.12. The molecule has 0 aliphatic carbocycles. The minimum atomic E-state index is -0.229. The van der Waals surface area contributed by atoms with E-state index >= 15 is 0 Å². The van der Waals surface area contributed by atoms with Crippen LogP contribution in [0.15, 0.2) is 29.8 Å². The zero-order valence-electron chi connectivity index (χ0n) is 10.2. The average Bonchev–Trinajstić information content (AvgIpc) is 2.84. The van der Waals surface area contributed by atoms with Crippen molar-refractivity contribution in [2.24, 2.45) is 0 Å². The summed E-state index contributed by atoms with van der Waals surface area (Å²) >= 11 is 1.28. The molecule has 0 saturated heterocycles. The minimum Gasteiger partial charge on any atom is -0.477 e. The van der Waals surface area contributed by atoms with E-state index in [-0.39, 0.29) is 12.5 Å². The first-order chi connectivity index (χ1) is 9.22. The Morgan fingerprint density at radius 2 is 2.32 bits per heavy atom. The lowest BCUT2D eigenvalue weighted by molar-refractivity contribution is 0.102. The second-order valence-corrected chi connectivity index (χ2v) is 4.52. The number of hydrogen-bond donors (Lipinski definition) is 1. The third-order valence-corrected chi connectivity index (χ3v) is 3.31. The predicted octanol–water partition coefficient (Wildman–Crippen LogP) is 2.61. The van der Waals surface area contributed by atoms with Crippen LogP contribution < -0.4 is 10.1 Å². The standard InChI is InChI=1S/C13H11N3O2S/c1-9-12(19-8-15-9)13(17)16-10-4-2-3-5-11(10)18-7-6-14/h2-5,8H,7H2,1H3,(H,16,17). The molecule has 0 bridgehead atoms. The number of nitriles is 1. The van der Waals surface area contributed by atoms with E-state index < -0.39 is 0 Å². The van der Waals surface area contributed by atoms with E-state index in [4.69, 9.17) is 10.00 Å². The zero-order valence-corrected chi connectivity index (χ0v) is 11.0. The van der Waals surface area contributed by atoms with Gasteiger partial charge >= 0.3 is 0 Å². The molecule has 2 aromatic rings. The van der Waals surface area contributed by atoms with Crippen LogP contribution in [-0.2, 0) is 0 Å². The Morgan fingerprint density at radius 1 is 1.53 bits per heavy atom. The highest BCUT2D eigenvalue weighted by atomic mass is 32.1. The number of nitrogens with one attached hydrogen (secondary N) is 1. The molecular formula is C13H11N3O2S. The number of amides is 1. The molecule has 1 aromatic heterocycles. The van der Waals surface area contributed by atoms with Gasteiger partial charge in [-0.2, -0.15) is 5.26 Å². The molecule has 1 heterocycles. The summed E-state index contributed by atoms with van der Waals surface area (Å²) < 4.78 is 5.25. The van der Waals surface area contributed by atoms with E-state index in [1.54, 1.807) is 36.7 Å². The van der Waals surface area contributed by atoms with Crippen LogP contribution in [0.3, 0.4) is 0 Å². The Hall–Kier alpha value is -2.39. The summed E-state index contributed by atoms with van der Waals surface area (Å²) in [6.45, 7) is 1.72. The van der Waals surface area contributed by atoms with Crippen LogP contribution in [0.5, 0.6) is 5.75 Å². The third-order valence-electron chi connectivity index (χ3n) is 2.38. The van der Waals surface area contributed by atoms with Crippen LogP contribution in [0.4, 0.5) is 5.69 Å². The Labute approximate surface area is 114 Å². The maximum Gasteiger partial charge on any atom is 0.267 e. The summed E-state index contributed by atoms with van der Waals surface area (Å²) in [7, 11) is 0. The number of ether oxygens (including phenoxy) is 1. The Morgan fingerprint density at radius 3 is 3.00 bits per heavy atom. The number of aryl methyl sites for hydroxylation is 1. The molecule has 1 N–H and O–H groups in total. The van der Waals surface area contributed by atoms with Gasteiger partial charge in [0.2, 0.25) is 0 Å². The van der Waals surface area contributed by atoms with Gasteiger partial charge in [-0.1, -0.05) is 12.1 Å². The first kappa shape index (κ1) is 13.1. The fourth-order valence-electron chi connectivity index (χ4n) is 1.50. The maximum atomic E-state index is 12.1. The number of thiazole rings is 1. The van der Waals surface area contributed by atoms with Crippen LogP contribution >= 0.6 is 11.3 Å². The summed E-state index contributed by atoms with van der Waals surface area (Å²) in [5, 5.41) is 11.3. The number of carbonyl (C=O) groups is 1. The van der Waals surface area contributed by atoms with Gasteiger partial charge in [-0.15, -0.1) is 11.3 Å². The highest BCUT2D eigenvalue weighted by Gasteiger charge is 2.13. The molecular weight excluding hydrogens is 262 g/mol. The summed E-state index contributed by atoms with van der Waals surface area (Å²) in [5.41, 5.74) is 2.86. The van der Waals surface area contributed by atoms with Crippen molar-refractivity contribution in [1.29, 1.82) is 5.26 Å². The number of para-hydroxylation sites is 2. The molecule has 0 fully saturated rings. The molecule has 2 rings (SSSR count). The maximum absolute atomic E-state index is 12.1. The third kappa shape index (κ3) is 3.09. The van der Waals surface area contributed by atoms with Gasteiger partial charge in [0.25, 0.3) is 5.91 Å². The number of benzene rings is 1. The van der Waals surface area contributed by atoms with Crippen molar-refractivity contribution in [3.05, 3.63) is 40.3 Å². The normalized spacial score (nSPS) is 9.68.